The van der Waals surface area contributed by atoms with Crippen LogP contribution in [0.4, 0.5) is 4.39 Å². The third-order valence-corrected chi connectivity index (χ3v) is 4.20. The molecule has 0 atom stereocenters. The third-order valence-electron chi connectivity index (χ3n) is 4.20. The zero-order valence-electron chi connectivity index (χ0n) is 15.9. The number of fused-ring (bicyclic) bond motifs is 1. The summed E-state index contributed by atoms with van der Waals surface area (Å²) in [4.78, 5) is 36.7. The highest BCUT2D eigenvalue weighted by atomic mass is 19.1. The van der Waals surface area contributed by atoms with Crippen molar-refractivity contribution in [3.63, 3.8) is 0 Å². The van der Waals surface area contributed by atoms with Crippen LogP contribution in [0.1, 0.15) is 13.3 Å². The average Bonchev–Trinajstić information content (AvgIpc) is 2.98. The summed E-state index contributed by atoms with van der Waals surface area (Å²) >= 11 is 0. The first-order valence-electron chi connectivity index (χ1n) is 9.13. The maximum atomic E-state index is 12.8. The van der Waals surface area contributed by atoms with E-state index in [4.69, 9.17) is 4.74 Å². The third kappa shape index (κ3) is 4.81. The SMILES string of the molecule is CCCn1c(=O)n(CC(=O)NNC(=O)COc2ccc(F)cc2)c2ccccc21. The van der Waals surface area contributed by atoms with Gasteiger partial charge >= 0.3 is 5.69 Å². The molecule has 9 heteroatoms. The maximum Gasteiger partial charge on any atom is 0.329 e. The zero-order valence-corrected chi connectivity index (χ0v) is 15.9. The number of para-hydroxylation sites is 2. The number of amides is 2. The topological polar surface area (TPSA) is 94.4 Å². The Morgan fingerprint density at radius 3 is 2.24 bits per heavy atom. The van der Waals surface area contributed by atoms with Crippen LogP contribution < -0.4 is 21.3 Å². The molecule has 0 aliphatic rings. The Hall–Kier alpha value is -3.62. The van der Waals surface area contributed by atoms with Gasteiger partial charge in [-0.05, 0) is 42.8 Å². The summed E-state index contributed by atoms with van der Waals surface area (Å²) in [5, 5.41) is 0. The molecule has 1 heterocycles. The molecule has 0 radical (unpaired) electrons. The molecule has 8 nitrogen and oxygen atoms in total. The van der Waals surface area contributed by atoms with Crippen molar-refractivity contribution in [1.82, 2.24) is 20.0 Å². The van der Waals surface area contributed by atoms with Gasteiger partial charge in [-0.25, -0.2) is 9.18 Å². The lowest BCUT2D eigenvalue weighted by atomic mass is 10.3. The van der Waals surface area contributed by atoms with Gasteiger partial charge in [-0.15, -0.1) is 0 Å². The number of hydrogen-bond donors (Lipinski definition) is 2. The van der Waals surface area contributed by atoms with Gasteiger partial charge in [-0.1, -0.05) is 19.1 Å². The number of hydrogen-bond acceptors (Lipinski definition) is 4. The van der Waals surface area contributed by atoms with Crippen molar-refractivity contribution in [3.8, 4) is 5.75 Å². The van der Waals surface area contributed by atoms with Gasteiger partial charge in [0.25, 0.3) is 11.8 Å². The summed E-state index contributed by atoms with van der Waals surface area (Å²) in [6.07, 6.45) is 0.782. The standard InChI is InChI=1S/C20H21FN4O4/c1-2-11-24-16-5-3-4-6-17(16)25(20(24)28)12-18(26)22-23-19(27)13-29-15-9-7-14(21)8-10-15/h3-10H,2,11-13H2,1H3,(H,22,26)(H,23,27). The van der Waals surface area contributed by atoms with E-state index < -0.39 is 17.6 Å². The average molecular weight is 400 g/mol. The molecule has 3 rings (SSSR count). The molecule has 0 aliphatic carbocycles. The predicted molar refractivity (Wildman–Crippen MR) is 105 cm³/mol. The van der Waals surface area contributed by atoms with E-state index in [2.05, 4.69) is 10.9 Å². The molecule has 2 N–H and O–H groups in total. The highest BCUT2D eigenvalue weighted by Crippen LogP contribution is 2.13. The number of halogens is 1. The number of aryl methyl sites for hydroxylation is 1. The lowest BCUT2D eigenvalue weighted by Gasteiger charge is -2.09. The second-order valence-corrected chi connectivity index (χ2v) is 6.35. The normalized spacial score (nSPS) is 10.7. The molecule has 0 bridgehead atoms. The molecule has 1 aromatic heterocycles. The Labute approximate surface area is 165 Å². The quantitative estimate of drug-likeness (QED) is 0.589. The second-order valence-electron chi connectivity index (χ2n) is 6.35. The lowest BCUT2D eigenvalue weighted by molar-refractivity contribution is -0.130. The molecule has 0 fully saturated rings. The Balaban J connectivity index is 1.58. The minimum absolute atomic E-state index is 0.241. The summed E-state index contributed by atoms with van der Waals surface area (Å²) in [5.41, 5.74) is 5.60. The van der Waals surface area contributed by atoms with Crippen LogP contribution in [-0.4, -0.2) is 27.6 Å². The number of hydrazine groups is 1. The van der Waals surface area contributed by atoms with E-state index in [0.29, 0.717) is 17.8 Å². The fourth-order valence-corrected chi connectivity index (χ4v) is 2.90. The Morgan fingerprint density at radius 2 is 1.59 bits per heavy atom. The van der Waals surface area contributed by atoms with Crippen LogP contribution in [0.15, 0.2) is 53.3 Å². The Morgan fingerprint density at radius 1 is 0.966 bits per heavy atom. The van der Waals surface area contributed by atoms with Crippen LogP contribution in [0.5, 0.6) is 5.75 Å². The van der Waals surface area contributed by atoms with Gasteiger partial charge in [0.2, 0.25) is 0 Å². The molecule has 2 aromatic carbocycles. The number of benzene rings is 2. The van der Waals surface area contributed by atoms with E-state index in [9.17, 15) is 18.8 Å². The van der Waals surface area contributed by atoms with Crippen LogP contribution in [0, 0.1) is 5.82 Å². The number of ether oxygens (including phenoxy) is 1. The smallest absolute Gasteiger partial charge is 0.329 e. The number of imidazole rings is 1. The van der Waals surface area contributed by atoms with Gasteiger partial charge in [-0.2, -0.15) is 0 Å². The van der Waals surface area contributed by atoms with Crippen molar-refractivity contribution in [2.45, 2.75) is 26.4 Å². The van der Waals surface area contributed by atoms with Crippen LogP contribution in [0.3, 0.4) is 0 Å². The van der Waals surface area contributed by atoms with Crippen molar-refractivity contribution >= 4 is 22.8 Å². The van der Waals surface area contributed by atoms with E-state index >= 15 is 0 Å². The zero-order chi connectivity index (χ0) is 20.8. The molecule has 0 saturated heterocycles. The summed E-state index contributed by atoms with van der Waals surface area (Å²) < 4.78 is 21.0. The first kappa shape index (κ1) is 20.1. The van der Waals surface area contributed by atoms with Gasteiger partial charge in [0, 0.05) is 6.54 Å². The molecule has 0 saturated carbocycles. The minimum Gasteiger partial charge on any atom is -0.484 e. The fraction of sp³-hybridized carbons (Fsp3) is 0.250. The summed E-state index contributed by atoms with van der Waals surface area (Å²) in [6.45, 7) is 1.91. The van der Waals surface area contributed by atoms with E-state index in [1.165, 1.54) is 28.8 Å². The van der Waals surface area contributed by atoms with Crippen LogP contribution >= 0.6 is 0 Å². The first-order valence-corrected chi connectivity index (χ1v) is 9.13. The predicted octanol–water partition coefficient (Wildman–Crippen LogP) is 1.58. The highest BCUT2D eigenvalue weighted by molar-refractivity contribution is 5.84. The molecular formula is C20H21FN4O4. The summed E-state index contributed by atoms with van der Waals surface area (Å²) in [6, 6.07) is 12.4. The summed E-state index contributed by atoms with van der Waals surface area (Å²) in [5.74, 6) is -1.24. The molecule has 29 heavy (non-hydrogen) atoms. The fourth-order valence-electron chi connectivity index (χ4n) is 2.90. The number of carbonyl (C=O) groups excluding carboxylic acids is 2. The Bertz CT molecular complexity index is 1070. The van der Waals surface area contributed by atoms with E-state index in [-0.39, 0.29) is 18.8 Å². The number of aromatic nitrogens is 2. The van der Waals surface area contributed by atoms with E-state index in [1.807, 2.05) is 19.1 Å². The molecule has 0 aliphatic heterocycles. The van der Waals surface area contributed by atoms with Gasteiger partial charge in [0.1, 0.15) is 18.1 Å². The number of nitrogens with one attached hydrogen (secondary N) is 2. The van der Waals surface area contributed by atoms with Crippen molar-refractivity contribution in [3.05, 3.63) is 64.8 Å². The van der Waals surface area contributed by atoms with Gasteiger partial charge in [0.05, 0.1) is 11.0 Å². The number of rotatable bonds is 7. The largest absolute Gasteiger partial charge is 0.484 e. The van der Waals surface area contributed by atoms with E-state index in [1.54, 1.807) is 16.7 Å². The van der Waals surface area contributed by atoms with Crippen LogP contribution in [0.25, 0.3) is 11.0 Å². The molecule has 2 amide bonds. The second kappa shape index (κ2) is 9.05. The monoisotopic (exact) mass is 400 g/mol. The maximum absolute atomic E-state index is 12.8. The van der Waals surface area contributed by atoms with Gasteiger partial charge < -0.3 is 4.74 Å². The molecule has 0 spiro atoms. The Kier molecular flexibility index (Phi) is 6.28. The van der Waals surface area contributed by atoms with Crippen LogP contribution in [0.2, 0.25) is 0 Å². The van der Waals surface area contributed by atoms with Crippen molar-refractivity contribution in [2.75, 3.05) is 6.61 Å². The summed E-state index contributed by atoms with van der Waals surface area (Å²) in [7, 11) is 0. The van der Waals surface area contributed by atoms with Gasteiger partial charge in [-0.3, -0.25) is 29.6 Å². The van der Waals surface area contributed by atoms with E-state index in [0.717, 1.165) is 11.9 Å². The number of nitrogens with zero attached hydrogens (tertiary/aromatic N) is 2. The molecule has 152 valence electrons. The lowest BCUT2D eigenvalue weighted by Crippen LogP contribution is -2.46. The highest BCUT2D eigenvalue weighted by Gasteiger charge is 2.15. The van der Waals surface area contributed by atoms with Crippen molar-refractivity contribution in [2.24, 2.45) is 0 Å². The molecular weight excluding hydrogens is 379 g/mol. The number of carbonyl (C=O) groups is 2. The van der Waals surface area contributed by atoms with Crippen molar-refractivity contribution in [1.29, 1.82) is 0 Å². The van der Waals surface area contributed by atoms with Crippen LogP contribution in [-0.2, 0) is 22.7 Å². The minimum atomic E-state index is -0.594. The van der Waals surface area contributed by atoms with Gasteiger partial charge in [0.15, 0.2) is 6.61 Å². The molecule has 0 unspecified atom stereocenters. The van der Waals surface area contributed by atoms with Crippen molar-refractivity contribution < 1.29 is 18.7 Å². The first-order chi connectivity index (χ1) is 14.0. The molecule has 3 aromatic rings.